The van der Waals surface area contributed by atoms with Crippen LogP contribution in [-0.2, 0) is 0 Å². The lowest BCUT2D eigenvalue weighted by Crippen LogP contribution is -2.20. The number of pyridine rings is 1. The van der Waals surface area contributed by atoms with Gasteiger partial charge in [0.25, 0.3) is 5.88 Å². The van der Waals surface area contributed by atoms with Crippen LogP contribution in [0.1, 0.15) is 5.69 Å². The number of rotatable bonds is 6. The van der Waals surface area contributed by atoms with Crippen molar-refractivity contribution in [3.63, 3.8) is 0 Å². The summed E-state index contributed by atoms with van der Waals surface area (Å²) >= 11 is 6.16. The lowest BCUT2D eigenvalue weighted by atomic mass is 10.2. The molecule has 3 aromatic rings. The van der Waals surface area contributed by atoms with Crippen molar-refractivity contribution in [1.82, 2.24) is 19.9 Å². The molecule has 1 aromatic carbocycles. The molecule has 1 N–H and O–H groups in total. The van der Waals surface area contributed by atoms with Gasteiger partial charge in [0.1, 0.15) is 18.5 Å². The van der Waals surface area contributed by atoms with Crippen LogP contribution < -0.4 is 10.1 Å². The predicted molar refractivity (Wildman–Crippen MR) is 101 cm³/mol. The average molecular weight is 369 g/mol. The Morgan fingerprint density at radius 3 is 2.85 bits per heavy atom. The van der Waals surface area contributed by atoms with E-state index in [1.54, 1.807) is 6.20 Å². The van der Waals surface area contributed by atoms with Gasteiger partial charge in [-0.3, -0.25) is 0 Å². The highest BCUT2D eigenvalue weighted by atomic mass is 35.5. The molecule has 26 heavy (non-hydrogen) atoms. The van der Waals surface area contributed by atoms with Gasteiger partial charge in [-0.15, -0.1) is 0 Å². The first-order chi connectivity index (χ1) is 12.6. The average Bonchev–Trinajstić information content (AvgIpc) is 2.62. The summed E-state index contributed by atoms with van der Waals surface area (Å²) in [5, 5.41) is 14.7. The van der Waals surface area contributed by atoms with E-state index in [-0.39, 0.29) is 11.6 Å². The standard InChI is InChI=1S/C18H17ClN6O/c1-25(2)6-7-26-18-15(9-20)21-11-17(24-18)23-16-8-12-4-3-5-14(19)13(12)10-22-16/h3-5,8,10-11H,6-7H2,1-2H3,(H,22,23,24). The van der Waals surface area contributed by atoms with Crippen LogP contribution in [0.15, 0.2) is 36.7 Å². The van der Waals surface area contributed by atoms with Gasteiger partial charge in [-0.25, -0.2) is 9.97 Å². The maximum atomic E-state index is 9.16. The number of fused-ring (bicyclic) bond motifs is 1. The van der Waals surface area contributed by atoms with Crippen molar-refractivity contribution in [2.75, 3.05) is 32.6 Å². The fourth-order valence-corrected chi connectivity index (χ4v) is 2.50. The number of likely N-dealkylation sites (N-methyl/N-ethyl adjacent to an activating group) is 1. The molecule has 0 aliphatic carbocycles. The van der Waals surface area contributed by atoms with Crippen molar-refractivity contribution in [3.8, 4) is 11.9 Å². The van der Waals surface area contributed by atoms with Crippen LogP contribution >= 0.6 is 11.6 Å². The molecule has 0 unspecified atom stereocenters. The lowest BCUT2D eigenvalue weighted by Gasteiger charge is -2.12. The van der Waals surface area contributed by atoms with Gasteiger partial charge in [0.15, 0.2) is 5.82 Å². The summed E-state index contributed by atoms with van der Waals surface area (Å²) < 4.78 is 5.59. The molecule has 0 aliphatic heterocycles. The molecule has 0 fully saturated rings. The number of anilines is 2. The molecule has 2 heterocycles. The van der Waals surface area contributed by atoms with E-state index in [1.807, 2.05) is 49.3 Å². The maximum absolute atomic E-state index is 9.16. The molecule has 7 nitrogen and oxygen atoms in total. The minimum Gasteiger partial charge on any atom is -0.474 e. The van der Waals surface area contributed by atoms with Crippen molar-refractivity contribution in [1.29, 1.82) is 5.26 Å². The molecule has 0 radical (unpaired) electrons. The summed E-state index contributed by atoms with van der Waals surface area (Å²) in [6, 6.07) is 9.51. The summed E-state index contributed by atoms with van der Waals surface area (Å²) in [4.78, 5) is 14.7. The zero-order valence-electron chi connectivity index (χ0n) is 14.4. The third-order valence-electron chi connectivity index (χ3n) is 3.59. The molecule has 2 aromatic heterocycles. The molecule has 0 saturated carbocycles. The van der Waals surface area contributed by atoms with Crippen LogP contribution in [0.2, 0.25) is 5.02 Å². The van der Waals surface area contributed by atoms with Gasteiger partial charge >= 0.3 is 0 Å². The molecular weight excluding hydrogens is 352 g/mol. The Balaban J connectivity index is 1.82. The van der Waals surface area contributed by atoms with Crippen LogP contribution in [0.4, 0.5) is 11.6 Å². The first kappa shape index (κ1) is 17.9. The number of halogens is 1. The smallest absolute Gasteiger partial charge is 0.253 e. The number of benzene rings is 1. The van der Waals surface area contributed by atoms with Crippen LogP contribution in [0, 0.1) is 11.3 Å². The van der Waals surface area contributed by atoms with Gasteiger partial charge in [-0.2, -0.15) is 10.2 Å². The van der Waals surface area contributed by atoms with Gasteiger partial charge in [-0.1, -0.05) is 23.7 Å². The number of nitrogens with zero attached hydrogens (tertiary/aromatic N) is 5. The van der Waals surface area contributed by atoms with Gasteiger partial charge in [-0.05, 0) is 31.6 Å². The van der Waals surface area contributed by atoms with Crippen molar-refractivity contribution in [2.45, 2.75) is 0 Å². The fraction of sp³-hybridized carbons (Fsp3) is 0.222. The number of aromatic nitrogens is 3. The van der Waals surface area contributed by atoms with E-state index < -0.39 is 0 Å². The first-order valence-electron chi connectivity index (χ1n) is 7.93. The molecule has 0 spiro atoms. The second-order valence-corrected chi connectivity index (χ2v) is 6.24. The van der Waals surface area contributed by atoms with Crippen LogP contribution in [-0.4, -0.2) is 47.1 Å². The van der Waals surface area contributed by atoms with E-state index in [0.29, 0.717) is 29.8 Å². The van der Waals surface area contributed by atoms with Gasteiger partial charge in [0.05, 0.1) is 6.20 Å². The zero-order chi connectivity index (χ0) is 18.5. The maximum Gasteiger partial charge on any atom is 0.253 e. The Kier molecular flexibility index (Phi) is 5.46. The molecule has 0 atom stereocenters. The number of ether oxygens (including phenoxy) is 1. The van der Waals surface area contributed by atoms with E-state index in [4.69, 9.17) is 21.6 Å². The molecule has 3 rings (SSSR count). The minimum atomic E-state index is 0.146. The summed E-state index contributed by atoms with van der Waals surface area (Å²) in [5.41, 5.74) is 0.146. The van der Waals surface area contributed by atoms with Crippen LogP contribution in [0.25, 0.3) is 10.8 Å². The molecule has 8 heteroatoms. The first-order valence-corrected chi connectivity index (χ1v) is 8.30. The van der Waals surface area contributed by atoms with E-state index in [2.05, 4.69) is 20.3 Å². The van der Waals surface area contributed by atoms with Crippen molar-refractivity contribution in [3.05, 3.63) is 47.4 Å². The van der Waals surface area contributed by atoms with Gasteiger partial charge in [0, 0.05) is 23.2 Å². The van der Waals surface area contributed by atoms with E-state index >= 15 is 0 Å². The Bertz CT molecular complexity index is 970. The monoisotopic (exact) mass is 368 g/mol. The second kappa shape index (κ2) is 7.95. The SMILES string of the molecule is CN(C)CCOc1nc(Nc2cc3cccc(Cl)c3cn2)cnc1C#N. The summed E-state index contributed by atoms with van der Waals surface area (Å²) in [5.74, 6) is 1.24. The van der Waals surface area contributed by atoms with Crippen molar-refractivity contribution >= 4 is 34.0 Å². The van der Waals surface area contributed by atoms with E-state index in [9.17, 15) is 0 Å². The number of nitriles is 1. The minimum absolute atomic E-state index is 0.146. The normalized spacial score (nSPS) is 10.7. The van der Waals surface area contributed by atoms with Crippen molar-refractivity contribution < 1.29 is 4.74 Å². The topological polar surface area (TPSA) is 87.0 Å². The van der Waals surface area contributed by atoms with Crippen LogP contribution in [0.3, 0.4) is 0 Å². The summed E-state index contributed by atoms with van der Waals surface area (Å²) in [6.45, 7) is 1.11. The molecule has 0 bridgehead atoms. The Labute approximate surface area is 156 Å². The lowest BCUT2D eigenvalue weighted by molar-refractivity contribution is 0.252. The highest BCUT2D eigenvalue weighted by molar-refractivity contribution is 6.35. The number of hydrogen-bond acceptors (Lipinski definition) is 7. The molecular formula is C18H17ClN6O. The molecule has 0 aliphatic rings. The summed E-state index contributed by atoms with van der Waals surface area (Å²) in [6.07, 6.45) is 3.17. The Hall–Kier alpha value is -2.95. The number of hydrogen-bond donors (Lipinski definition) is 1. The highest BCUT2D eigenvalue weighted by Crippen LogP contribution is 2.25. The van der Waals surface area contributed by atoms with E-state index in [0.717, 1.165) is 10.8 Å². The Morgan fingerprint density at radius 2 is 2.08 bits per heavy atom. The fourth-order valence-electron chi connectivity index (χ4n) is 2.27. The quantitative estimate of drug-likeness (QED) is 0.714. The highest BCUT2D eigenvalue weighted by Gasteiger charge is 2.10. The van der Waals surface area contributed by atoms with Gasteiger partial charge < -0.3 is 15.0 Å². The third kappa shape index (κ3) is 4.17. The molecule has 132 valence electrons. The second-order valence-electron chi connectivity index (χ2n) is 5.83. The Morgan fingerprint density at radius 1 is 1.23 bits per heavy atom. The predicted octanol–water partition coefficient (Wildman–Crippen LogP) is 3.23. The molecule has 0 amide bonds. The third-order valence-corrected chi connectivity index (χ3v) is 3.92. The largest absolute Gasteiger partial charge is 0.474 e. The van der Waals surface area contributed by atoms with Crippen LogP contribution in [0.5, 0.6) is 5.88 Å². The number of nitrogens with one attached hydrogen (secondary N) is 1. The van der Waals surface area contributed by atoms with Gasteiger partial charge in [0.2, 0.25) is 5.69 Å². The summed E-state index contributed by atoms with van der Waals surface area (Å²) in [7, 11) is 3.88. The van der Waals surface area contributed by atoms with E-state index in [1.165, 1.54) is 6.20 Å². The molecule has 0 saturated heterocycles. The zero-order valence-corrected chi connectivity index (χ0v) is 15.2. The van der Waals surface area contributed by atoms with Crippen molar-refractivity contribution in [2.24, 2.45) is 0 Å².